The SMILES string of the molecule is O=C(N/C(=C\c1ccccc1)C(=O)N1CCC(C(C(=O)O)c2cscn2)CC1)c1ccccc1. The maximum absolute atomic E-state index is 13.4. The van der Waals surface area contributed by atoms with Crippen molar-refractivity contribution in [1.82, 2.24) is 15.2 Å². The Kier molecular flexibility index (Phi) is 7.49. The van der Waals surface area contributed by atoms with Gasteiger partial charge < -0.3 is 15.3 Å². The first-order valence-corrected chi connectivity index (χ1v) is 12.0. The van der Waals surface area contributed by atoms with Gasteiger partial charge in [-0.3, -0.25) is 14.4 Å². The van der Waals surface area contributed by atoms with E-state index < -0.39 is 11.9 Å². The van der Waals surface area contributed by atoms with Crippen LogP contribution in [0.1, 0.15) is 40.4 Å². The molecule has 2 amide bonds. The number of carboxylic acid groups (broad SMARTS) is 1. The first-order valence-electron chi connectivity index (χ1n) is 11.1. The van der Waals surface area contributed by atoms with Gasteiger partial charge in [0.1, 0.15) is 11.6 Å². The molecule has 3 aromatic rings. The summed E-state index contributed by atoms with van der Waals surface area (Å²) in [6.07, 6.45) is 2.77. The van der Waals surface area contributed by atoms with Gasteiger partial charge in [0.15, 0.2) is 0 Å². The standard InChI is InChI=1S/C26H25N3O4S/c30-24(20-9-5-2-6-10-20)28-21(15-18-7-3-1-4-8-18)25(31)29-13-11-19(12-14-29)23(26(32)33)22-16-34-17-27-22/h1-10,15-17,19,23H,11-14H2,(H,28,30)(H,32,33)/b21-15-. The average molecular weight is 476 g/mol. The van der Waals surface area contributed by atoms with Crippen molar-refractivity contribution in [3.05, 3.63) is 94.1 Å². The maximum Gasteiger partial charge on any atom is 0.312 e. The summed E-state index contributed by atoms with van der Waals surface area (Å²) < 4.78 is 0. The van der Waals surface area contributed by atoms with Crippen molar-refractivity contribution in [3.8, 4) is 0 Å². The molecule has 1 aliphatic rings. The third-order valence-electron chi connectivity index (χ3n) is 5.96. The first-order chi connectivity index (χ1) is 16.5. The Morgan fingerprint density at radius 2 is 1.68 bits per heavy atom. The molecule has 2 aromatic carbocycles. The molecule has 7 nitrogen and oxygen atoms in total. The van der Waals surface area contributed by atoms with Crippen LogP contribution in [0.25, 0.3) is 6.08 Å². The molecule has 174 valence electrons. The van der Waals surface area contributed by atoms with Crippen LogP contribution in [0.5, 0.6) is 0 Å². The van der Waals surface area contributed by atoms with Gasteiger partial charge in [-0.25, -0.2) is 4.98 Å². The lowest BCUT2D eigenvalue weighted by atomic mass is 9.82. The molecule has 1 atom stereocenters. The largest absolute Gasteiger partial charge is 0.481 e. The van der Waals surface area contributed by atoms with Crippen molar-refractivity contribution in [3.63, 3.8) is 0 Å². The fourth-order valence-corrected chi connectivity index (χ4v) is 4.79. The number of hydrogen-bond donors (Lipinski definition) is 2. The summed E-state index contributed by atoms with van der Waals surface area (Å²) in [4.78, 5) is 44.0. The van der Waals surface area contributed by atoms with E-state index in [0.29, 0.717) is 37.2 Å². The summed E-state index contributed by atoms with van der Waals surface area (Å²) in [5.41, 5.74) is 3.65. The molecule has 2 N–H and O–H groups in total. The van der Waals surface area contributed by atoms with E-state index in [1.807, 2.05) is 36.4 Å². The first kappa shape index (κ1) is 23.4. The molecule has 34 heavy (non-hydrogen) atoms. The van der Waals surface area contributed by atoms with Gasteiger partial charge in [-0.1, -0.05) is 48.5 Å². The monoisotopic (exact) mass is 475 g/mol. The molecule has 2 heterocycles. The van der Waals surface area contributed by atoms with Crippen LogP contribution < -0.4 is 5.32 Å². The molecule has 4 rings (SSSR count). The number of piperidine rings is 1. The second-order valence-corrected chi connectivity index (χ2v) is 8.87. The van der Waals surface area contributed by atoms with E-state index in [4.69, 9.17) is 0 Å². The van der Waals surface area contributed by atoms with Crippen molar-refractivity contribution >= 4 is 35.2 Å². The number of benzene rings is 2. The van der Waals surface area contributed by atoms with Gasteiger partial charge in [-0.2, -0.15) is 0 Å². The molecule has 0 spiro atoms. The number of likely N-dealkylation sites (tertiary alicyclic amines) is 1. The molecule has 0 aliphatic carbocycles. The zero-order chi connectivity index (χ0) is 23.9. The van der Waals surface area contributed by atoms with Crippen LogP contribution in [0.15, 0.2) is 77.3 Å². The average Bonchev–Trinajstić information content (AvgIpc) is 3.39. The predicted molar refractivity (Wildman–Crippen MR) is 130 cm³/mol. The van der Waals surface area contributed by atoms with E-state index in [-0.39, 0.29) is 23.4 Å². The van der Waals surface area contributed by atoms with Crippen molar-refractivity contribution in [2.24, 2.45) is 5.92 Å². The zero-order valence-electron chi connectivity index (χ0n) is 18.5. The molecule has 1 aromatic heterocycles. The lowest BCUT2D eigenvalue weighted by molar-refractivity contribution is -0.141. The number of aliphatic carboxylic acids is 1. The summed E-state index contributed by atoms with van der Waals surface area (Å²) >= 11 is 1.38. The third kappa shape index (κ3) is 5.58. The van der Waals surface area contributed by atoms with E-state index in [1.165, 1.54) is 11.3 Å². The fourth-order valence-electron chi connectivity index (χ4n) is 4.20. The number of aromatic nitrogens is 1. The van der Waals surface area contributed by atoms with Gasteiger partial charge >= 0.3 is 5.97 Å². The van der Waals surface area contributed by atoms with Gasteiger partial charge in [0, 0.05) is 24.0 Å². The van der Waals surface area contributed by atoms with Crippen LogP contribution in [0.2, 0.25) is 0 Å². The molecule has 0 radical (unpaired) electrons. The van der Waals surface area contributed by atoms with Crippen molar-refractivity contribution < 1.29 is 19.5 Å². The molecule has 1 unspecified atom stereocenters. The number of carbonyl (C=O) groups is 3. The molecular formula is C26H25N3O4S. The van der Waals surface area contributed by atoms with Gasteiger partial charge in [0.25, 0.3) is 11.8 Å². The predicted octanol–water partition coefficient (Wildman–Crippen LogP) is 4.02. The minimum absolute atomic E-state index is 0.107. The Hall–Kier alpha value is -3.78. The van der Waals surface area contributed by atoms with Gasteiger partial charge in [-0.15, -0.1) is 11.3 Å². The molecule has 1 aliphatic heterocycles. The Bertz CT molecular complexity index is 1160. The summed E-state index contributed by atoms with van der Waals surface area (Å²) in [6.45, 7) is 0.815. The second kappa shape index (κ2) is 10.9. The van der Waals surface area contributed by atoms with Crippen LogP contribution in [0, 0.1) is 5.92 Å². The minimum atomic E-state index is -0.893. The maximum atomic E-state index is 13.4. The number of hydrogen-bond acceptors (Lipinski definition) is 5. The number of rotatable bonds is 7. The van der Waals surface area contributed by atoms with Gasteiger partial charge in [0.05, 0.1) is 11.2 Å². The highest BCUT2D eigenvalue weighted by molar-refractivity contribution is 7.07. The number of amides is 2. The topological polar surface area (TPSA) is 99.6 Å². The number of nitrogens with one attached hydrogen (secondary N) is 1. The van der Waals surface area contributed by atoms with E-state index in [2.05, 4.69) is 10.3 Å². The highest BCUT2D eigenvalue weighted by Crippen LogP contribution is 2.33. The number of carbonyl (C=O) groups excluding carboxylic acids is 2. The van der Waals surface area contributed by atoms with Crippen LogP contribution in [0.3, 0.4) is 0 Å². The Balaban J connectivity index is 1.50. The summed E-state index contributed by atoms with van der Waals surface area (Å²) in [7, 11) is 0. The number of carboxylic acids is 1. The summed E-state index contributed by atoms with van der Waals surface area (Å²) in [5.74, 6) is -2.33. The van der Waals surface area contributed by atoms with E-state index in [9.17, 15) is 19.5 Å². The third-order valence-corrected chi connectivity index (χ3v) is 6.56. The zero-order valence-corrected chi connectivity index (χ0v) is 19.3. The van der Waals surface area contributed by atoms with Crippen LogP contribution in [0.4, 0.5) is 0 Å². The lowest BCUT2D eigenvalue weighted by Crippen LogP contribution is -2.44. The van der Waals surface area contributed by atoms with E-state index in [0.717, 1.165) is 5.56 Å². The van der Waals surface area contributed by atoms with Crippen molar-refractivity contribution in [2.45, 2.75) is 18.8 Å². The highest BCUT2D eigenvalue weighted by Gasteiger charge is 2.35. The number of nitrogens with zero attached hydrogens (tertiary/aromatic N) is 2. The molecule has 1 fully saturated rings. The lowest BCUT2D eigenvalue weighted by Gasteiger charge is -2.34. The van der Waals surface area contributed by atoms with Gasteiger partial charge in [-0.05, 0) is 42.5 Å². The van der Waals surface area contributed by atoms with Crippen molar-refractivity contribution in [2.75, 3.05) is 13.1 Å². The smallest absolute Gasteiger partial charge is 0.312 e. The molecule has 0 saturated carbocycles. The number of thiazole rings is 1. The Morgan fingerprint density at radius 1 is 1.03 bits per heavy atom. The highest BCUT2D eigenvalue weighted by atomic mass is 32.1. The van der Waals surface area contributed by atoms with Gasteiger partial charge in [0.2, 0.25) is 0 Å². The normalized spacial score (nSPS) is 15.5. The van der Waals surface area contributed by atoms with Crippen LogP contribution in [-0.4, -0.2) is 45.9 Å². The van der Waals surface area contributed by atoms with Crippen LogP contribution in [-0.2, 0) is 9.59 Å². The molecular weight excluding hydrogens is 450 g/mol. The Morgan fingerprint density at radius 3 is 2.26 bits per heavy atom. The molecule has 0 bridgehead atoms. The Labute approximate surface area is 201 Å². The quantitative estimate of drug-likeness (QED) is 0.503. The summed E-state index contributed by atoms with van der Waals surface area (Å²) in [6, 6.07) is 18.1. The van der Waals surface area contributed by atoms with Crippen LogP contribution >= 0.6 is 11.3 Å². The second-order valence-electron chi connectivity index (χ2n) is 8.15. The minimum Gasteiger partial charge on any atom is -0.481 e. The summed E-state index contributed by atoms with van der Waals surface area (Å²) in [5, 5.41) is 14.3. The molecule has 1 saturated heterocycles. The molecule has 8 heteroatoms. The van der Waals surface area contributed by atoms with Crippen molar-refractivity contribution in [1.29, 1.82) is 0 Å². The fraction of sp³-hybridized carbons (Fsp3) is 0.231. The van der Waals surface area contributed by atoms with E-state index >= 15 is 0 Å². The van der Waals surface area contributed by atoms with E-state index in [1.54, 1.807) is 46.1 Å².